The smallest absolute Gasteiger partial charge is 0.276 e. The second kappa shape index (κ2) is 7.60. The van der Waals surface area contributed by atoms with E-state index in [2.05, 4.69) is 55.1 Å². The number of benzene rings is 1. The summed E-state index contributed by atoms with van der Waals surface area (Å²) in [6.45, 7) is 4.35. The van der Waals surface area contributed by atoms with Gasteiger partial charge in [0.25, 0.3) is 5.89 Å². The molecule has 0 bridgehead atoms. The van der Waals surface area contributed by atoms with Crippen molar-refractivity contribution in [2.75, 3.05) is 18.0 Å². The summed E-state index contributed by atoms with van der Waals surface area (Å²) in [5, 5.41) is 5.30. The van der Waals surface area contributed by atoms with Crippen LogP contribution in [0.1, 0.15) is 18.4 Å². The van der Waals surface area contributed by atoms with Gasteiger partial charge in [0.15, 0.2) is 0 Å². The normalized spacial score (nSPS) is 13.8. The highest BCUT2D eigenvalue weighted by Gasteiger charge is 2.18. The van der Waals surface area contributed by atoms with E-state index in [1.807, 2.05) is 36.7 Å². The zero-order valence-corrected chi connectivity index (χ0v) is 17.7. The van der Waals surface area contributed by atoms with Gasteiger partial charge in [0, 0.05) is 53.9 Å². The largest absolute Gasteiger partial charge is 0.371 e. The van der Waals surface area contributed by atoms with Crippen LogP contribution in [0.15, 0.2) is 65.6 Å². The summed E-state index contributed by atoms with van der Waals surface area (Å²) in [5.41, 5.74) is 6.98. The topological polar surface area (TPSA) is 83.7 Å². The summed E-state index contributed by atoms with van der Waals surface area (Å²) < 4.78 is 5.59. The maximum Gasteiger partial charge on any atom is 0.276 e. The van der Waals surface area contributed by atoms with Crippen LogP contribution in [-0.2, 0) is 0 Å². The van der Waals surface area contributed by atoms with Gasteiger partial charge < -0.3 is 14.4 Å². The Morgan fingerprint density at radius 1 is 0.938 bits per heavy atom. The number of hydrogen-bond acceptors (Lipinski definition) is 6. The molecular weight excluding hydrogens is 400 g/mol. The lowest BCUT2D eigenvalue weighted by Gasteiger charge is -2.20. The monoisotopic (exact) mass is 422 g/mol. The summed E-state index contributed by atoms with van der Waals surface area (Å²) in [6.07, 6.45) is 7.98. The highest BCUT2D eigenvalue weighted by molar-refractivity contribution is 5.81. The Balaban J connectivity index is 1.32. The van der Waals surface area contributed by atoms with E-state index in [1.165, 1.54) is 24.1 Å². The number of rotatable bonds is 4. The van der Waals surface area contributed by atoms with Crippen molar-refractivity contribution >= 4 is 16.7 Å². The van der Waals surface area contributed by atoms with Crippen molar-refractivity contribution in [1.29, 1.82) is 0 Å². The Kier molecular flexibility index (Phi) is 4.45. The van der Waals surface area contributed by atoms with Gasteiger partial charge in [-0.1, -0.05) is 17.3 Å². The van der Waals surface area contributed by atoms with Crippen molar-refractivity contribution in [1.82, 2.24) is 25.1 Å². The number of nitrogens with one attached hydrogen (secondary N) is 1. The molecule has 158 valence electrons. The molecule has 0 aliphatic carbocycles. The predicted molar refractivity (Wildman–Crippen MR) is 124 cm³/mol. The van der Waals surface area contributed by atoms with E-state index in [0.717, 1.165) is 40.8 Å². The van der Waals surface area contributed by atoms with Gasteiger partial charge in [-0.15, -0.1) is 0 Å². The lowest BCUT2D eigenvalue weighted by Crippen LogP contribution is -2.18. The molecule has 4 aromatic heterocycles. The highest BCUT2D eigenvalue weighted by atomic mass is 16.5. The van der Waals surface area contributed by atoms with Gasteiger partial charge in [-0.25, -0.2) is 4.98 Å². The van der Waals surface area contributed by atoms with Gasteiger partial charge in [0.2, 0.25) is 5.82 Å². The molecule has 0 atom stereocenters. The number of nitrogens with zero attached hydrogens (tertiary/aromatic N) is 5. The van der Waals surface area contributed by atoms with Gasteiger partial charge in [-0.2, -0.15) is 4.98 Å². The zero-order valence-electron chi connectivity index (χ0n) is 17.7. The Labute approximate surface area is 185 Å². The number of aromatic amines is 1. The van der Waals surface area contributed by atoms with E-state index in [0.29, 0.717) is 17.4 Å². The fraction of sp³-hybridized carbons (Fsp3) is 0.200. The van der Waals surface area contributed by atoms with Gasteiger partial charge in [-0.05, 0) is 61.2 Å². The van der Waals surface area contributed by atoms with Crippen molar-refractivity contribution in [3.63, 3.8) is 0 Å². The first-order valence-corrected chi connectivity index (χ1v) is 10.8. The Hall–Kier alpha value is -4.00. The zero-order chi connectivity index (χ0) is 21.5. The van der Waals surface area contributed by atoms with E-state index in [4.69, 9.17) is 4.52 Å². The van der Waals surface area contributed by atoms with E-state index in [1.54, 1.807) is 6.20 Å². The molecule has 0 amide bonds. The molecule has 1 fully saturated rings. The second-order valence-corrected chi connectivity index (χ2v) is 8.19. The average Bonchev–Trinajstić information content (AvgIpc) is 3.61. The number of H-pyrrole nitrogens is 1. The minimum absolute atomic E-state index is 0.404. The first-order valence-electron chi connectivity index (χ1n) is 10.8. The molecule has 0 unspecified atom stereocenters. The summed E-state index contributed by atoms with van der Waals surface area (Å²) in [7, 11) is 0. The molecule has 0 saturated carbocycles. The molecule has 5 heterocycles. The first-order chi connectivity index (χ1) is 15.7. The molecule has 1 aliphatic heterocycles. The molecule has 0 radical (unpaired) electrons. The molecule has 1 aromatic carbocycles. The van der Waals surface area contributed by atoms with Crippen LogP contribution in [0.4, 0.5) is 5.69 Å². The van der Waals surface area contributed by atoms with Crippen molar-refractivity contribution in [2.24, 2.45) is 0 Å². The molecule has 5 aromatic rings. The predicted octanol–water partition coefficient (Wildman–Crippen LogP) is 5.25. The first kappa shape index (κ1) is 18.7. The summed E-state index contributed by atoms with van der Waals surface area (Å²) in [4.78, 5) is 19.1. The second-order valence-electron chi connectivity index (χ2n) is 8.19. The van der Waals surface area contributed by atoms with Crippen LogP contribution in [-0.4, -0.2) is 38.2 Å². The number of hydrogen-bond donors (Lipinski definition) is 1. The van der Waals surface area contributed by atoms with Crippen molar-refractivity contribution < 1.29 is 4.52 Å². The van der Waals surface area contributed by atoms with Crippen molar-refractivity contribution in [3.05, 3.63) is 66.6 Å². The maximum atomic E-state index is 5.59. The number of fused-ring (bicyclic) bond motifs is 1. The Morgan fingerprint density at radius 3 is 2.75 bits per heavy atom. The highest BCUT2D eigenvalue weighted by Crippen LogP contribution is 2.31. The third-order valence-corrected chi connectivity index (χ3v) is 6.05. The van der Waals surface area contributed by atoms with Gasteiger partial charge in [0.1, 0.15) is 11.3 Å². The van der Waals surface area contributed by atoms with Crippen LogP contribution in [0.3, 0.4) is 0 Å². The molecule has 7 heteroatoms. The van der Waals surface area contributed by atoms with Crippen molar-refractivity contribution in [3.8, 4) is 34.1 Å². The summed E-state index contributed by atoms with van der Waals surface area (Å²) >= 11 is 0. The summed E-state index contributed by atoms with van der Waals surface area (Å²) in [6, 6.07) is 14.4. The number of anilines is 1. The summed E-state index contributed by atoms with van der Waals surface area (Å²) in [5.74, 6) is 0.976. The SMILES string of the molecule is Cc1ccc(-c2noc(-c3cc(-c4cnc5[nH]ccc5c4)ccn3)n2)cc1N1CCCC1. The number of aromatic nitrogens is 5. The van der Waals surface area contributed by atoms with Crippen LogP contribution in [0.2, 0.25) is 0 Å². The van der Waals surface area contributed by atoms with E-state index < -0.39 is 0 Å². The molecule has 6 rings (SSSR count). The molecule has 32 heavy (non-hydrogen) atoms. The fourth-order valence-corrected chi connectivity index (χ4v) is 4.32. The number of pyridine rings is 2. The van der Waals surface area contributed by atoms with Crippen LogP contribution in [0.5, 0.6) is 0 Å². The third kappa shape index (κ3) is 3.32. The molecular formula is C25H22N6O. The van der Waals surface area contributed by atoms with Crippen LogP contribution in [0, 0.1) is 6.92 Å². The van der Waals surface area contributed by atoms with E-state index >= 15 is 0 Å². The molecule has 1 N–H and O–H groups in total. The Morgan fingerprint density at radius 2 is 1.84 bits per heavy atom. The van der Waals surface area contributed by atoms with Gasteiger partial charge in [0.05, 0.1) is 0 Å². The van der Waals surface area contributed by atoms with E-state index in [9.17, 15) is 0 Å². The molecule has 1 saturated heterocycles. The molecule has 1 aliphatic rings. The van der Waals surface area contributed by atoms with Crippen LogP contribution in [0.25, 0.3) is 45.1 Å². The van der Waals surface area contributed by atoms with Crippen molar-refractivity contribution in [2.45, 2.75) is 19.8 Å². The fourth-order valence-electron chi connectivity index (χ4n) is 4.32. The van der Waals surface area contributed by atoms with E-state index in [-0.39, 0.29) is 0 Å². The Bertz CT molecular complexity index is 1410. The molecule has 7 nitrogen and oxygen atoms in total. The third-order valence-electron chi connectivity index (χ3n) is 6.05. The lowest BCUT2D eigenvalue weighted by molar-refractivity contribution is 0.431. The number of aryl methyl sites for hydroxylation is 1. The minimum atomic E-state index is 0.404. The maximum absolute atomic E-state index is 5.59. The van der Waals surface area contributed by atoms with Gasteiger partial charge >= 0.3 is 0 Å². The average molecular weight is 422 g/mol. The van der Waals surface area contributed by atoms with Gasteiger partial charge in [-0.3, -0.25) is 4.98 Å². The van der Waals surface area contributed by atoms with Crippen LogP contribution >= 0.6 is 0 Å². The lowest BCUT2D eigenvalue weighted by atomic mass is 10.1. The minimum Gasteiger partial charge on any atom is -0.371 e. The standard InChI is InChI=1S/C25H22N6O/c1-16-4-5-18(14-22(16)31-10-2-3-11-31)24-29-25(32-30-24)21-13-17(6-8-26-21)20-12-19-7-9-27-23(19)28-15-20/h4-9,12-15H,2-3,10-11H2,1H3,(H,27,28). The molecule has 0 spiro atoms. The quantitative estimate of drug-likeness (QED) is 0.426. The van der Waals surface area contributed by atoms with Crippen LogP contribution < -0.4 is 4.90 Å².